The molecule has 0 saturated heterocycles. The van der Waals surface area contributed by atoms with Crippen molar-refractivity contribution < 1.29 is 0 Å². The molecule has 0 aliphatic carbocycles. The van der Waals surface area contributed by atoms with Crippen molar-refractivity contribution in [2.45, 2.75) is 0 Å². The van der Waals surface area contributed by atoms with E-state index in [1.807, 2.05) is 6.07 Å². The highest BCUT2D eigenvalue weighted by atomic mass is 127. The average molecular weight is 244 g/mol. The Morgan fingerprint density at radius 3 is 2.80 bits per heavy atom. The highest BCUT2D eigenvalue weighted by Gasteiger charge is 1.95. The van der Waals surface area contributed by atoms with Gasteiger partial charge < -0.3 is 5.73 Å². The summed E-state index contributed by atoms with van der Waals surface area (Å²) in [6.45, 7) is 0. The molecule has 2 nitrogen and oxygen atoms in total. The summed E-state index contributed by atoms with van der Waals surface area (Å²) >= 11 is 2.10. The third-order valence-electron chi connectivity index (χ3n) is 1.02. The summed E-state index contributed by atoms with van der Waals surface area (Å²) < 4.78 is 0.927. The first-order valence-corrected chi connectivity index (χ1v) is 3.70. The third-order valence-corrected chi connectivity index (χ3v) is 1.93. The predicted octanol–water partition coefficient (Wildman–Crippen LogP) is 1.25. The minimum absolute atomic E-state index is 0.496. The van der Waals surface area contributed by atoms with Gasteiger partial charge in [0.2, 0.25) is 0 Å². The summed E-state index contributed by atoms with van der Waals surface area (Å²) in [4.78, 5) is 3.93. The minimum Gasteiger partial charge on any atom is -0.383 e. The molecule has 0 aromatic carbocycles. The number of hydrogen-bond acceptors (Lipinski definition) is 2. The quantitative estimate of drug-likeness (QED) is 0.551. The van der Waals surface area contributed by atoms with Crippen LogP contribution in [-0.4, -0.2) is 4.98 Å². The van der Waals surface area contributed by atoms with Crippen molar-refractivity contribution in [3.8, 4) is 12.3 Å². The van der Waals surface area contributed by atoms with Gasteiger partial charge in [0.15, 0.2) is 0 Å². The second kappa shape index (κ2) is 2.88. The number of rotatable bonds is 0. The Morgan fingerprint density at radius 1 is 1.60 bits per heavy atom. The van der Waals surface area contributed by atoms with E-state index >= 15 is 0 Å². The van der Waals surface area contributed by atoms with Crippen LogP contribution in [0, 0.1) is 15.9 Å². The van der Waals surface area contributed by atoms with Gasteiger partial charge in [-0.1, -0.05) is 5.92 Å². The topological polar surface area (TPSA) is 38.9 Å². The number of halogens is 1. The standard InChI is InChI=1S/C7H5IN2/c1-2-5-3-4-6(8)7(9)10-5/h1,3-4H,(H2,9,10). The summed E-state index contributed by atoms with van der Waals surface area (Å²) in [7, 11) is 0. The Kier molecular flexibility index (Phi) is 2.12. The molecule has 3 heteroatoms. The van der Waals surface area contributed by atoms with Gasteiger partial charge in [-0.15, -0.1) is 6.42 Å². The molecule has 0 saturated carbocycles. The maximum atomic E-state index is 5.48. The Labute approximate surface area is 73.0 Å². The normalized spacial score (nSPS) is 8.80. The number of aromatic nitrogens is 1. The van der Waals surface area contributed by atoms with Crippen LogP contribution in [0.4, 0.5) is 5.82 Å². The van der Waals surface area contributed by atoms with Gasteiger partial charge in [0.25, 0.3) is 0 Å². The molecule has 1 rings (SSSR count). The fraction of sp³-hybridized carbons (Fsp3) is 0. The third kappa shape index (κ3) is 1.39. The molecule has 1 aromatic heterocycles. The van der Waals surface area contributed by atoms with Crippen molar-refractivity contribution in [2.75, 3.05) is 5.73 Å². The molecule has 0 aliphatic heterocycles. The summed E-state index contributed by atoms with van der Waals surface area (Å²) in [5.41, 5.74) is 6.06. The van der Waals surface area contributed by atoms with E-state index in [0.717, 1.165) is 3.57 Å². The summed E-state index contributed by atoms with van der Waals surface area (Å²) in [6, 6.07) is 3.61. The van der Waals surface area contributed by atoms with Gasteiger partial charge in [0.05, 0.1) is 3.57 Å². The van der Waals surface area contributed by atoms with Crippen LogP contribution in [0.1, 0.15) is 5.69 Å². The molecule has 0 aliphatic rings. The lowest BCUT2D eigenvalue weighted by molar-refractivity contribution is 1.28. The predicted molar refractivity (Wildman–Crippen MR) is 49.3 cm³/mol. The van der Waals surface area contributed by atoms with Crippen molar-refractivity contribution in [3.63, 3.8) is 0 Å². The first-order valence-electron chi connectivity index (χ1n) is 2.62. The van der Waals surface area contributed by atoms with E-state index in [-0.39, 0.29) is 0 Å². The van der Waals surface area contributed by atoms with Crippen LogP contribution in [0.2, 0.25) is 0 Å². The molecule has 0 bridgehead atoms. The van der Waals surface area contributed by atoms with E-state index < -0.39 is 0 Å². The molecule has 0 fully saturated rings. The van der Waals surface area contributed by atoms with Crippen LogP contribution in [-0.2, 0) is 0 Å². The number of pyridine rings is 1. The van der Waals surface area contributed by atoms with Crippen LogP contribution in [0.5, 0.6) is 0 Å². The fourth-order valence-electron chi connectivity index (χ4n) is 0.538. The van der Waals surface area contributed by atoms with E-state index in [1.54, 1.807) is 6.07 Å². The van der Waals surface area contributed by atoms with Crippen molar-refractivity contribution in [1.82, 2.24) is 4.98 Å². The zero-order valence-corrected chi connectivity index (χ0v) is 7.29. The van der Waals surface area contributed by atoms with E-state index in [2.05, 4.69) is 33.5 Å². The van der Waals surface area contributed by atoms with Crippen molar-refractivity contribution in [3.05, 3.63) is 21.4 Å². The van der Waals surface area contributed by atoms with E-state index in [1.165, 1.54) is 0 Å². The highest BCUT2D eigenvalue weighted by molar-refractivity contribution is 14.1. The first kappa shape index (κ1) is 7.35. The van der Waals surface area contributed by atoms with Crippen LogP contribution >= 0.6 is 22.6 Å². The second-order valence-electron chi connectivity index (χ2n) is 1.71. The molecule has 1 heterocycles. The highest BCUT2D eigenvalue weighted by Crippen LogP contribution is 2.11. The zero-order valence-electron chi connectivity index (χ0n) is 5.13. The van der Waals surface area contributed by atoms with E-state index in [0.29, 0.717) is 11.5 Å². The average Bonchev–Trinajstić information content (AvgIpc) is 1.95. The smallest absolute Gasteiger partial charge is 0.138 e. The lowest BCUT2D eigenvalue weighted by Gasteiger charge is -1.95. The van der Waals surface area contributed by atoms with Gasteiger partial charge in [-0.05, 0) is 34.7 Å². The van der Waals surface area contributed by atoms with Crippen molar-refractivity contribution >= 4 is 28.4 Å². The summed E-state index contributed by atoms with van der Waals surface area (Å²) in [6.07, 6.45) is 5.10. The largest absolute Gasteiger partial charge is 0.383 e. The zero-order chi connectivity index (χ0) is 7.56. The maximum absolute atomic E-state index is 5.48. The molecule has 0 unspecified atom stereocenters. The molecular weight excluding hydrogens is 239 g/mol. The molecular formula is C7H5IN2. The molecule has 10 heavy (non-hydrogen) atoms. The number of terminal acetylenes is 1. The van der Waals surface area contributed by atoms with E-state index in [9.17, 15) is 0 Å². The number of nitrogens with two attached hydrogens (primary N) is 1. The summed E-state index contributed by atoms with van der Waals surface area (Å²) in [5, 5.41) is 0. The molecule has 0 atom stereocenters. The molecule has 0 radical (unpaired) electrons. The number of nitrogen functional groups attached to an aromatic ring is 1. The van der Waals surface area contributed by atoms with Crippen LogP contribution in [0.25, 0.3) is 0 Å². The minimum atomic E-state index is 0.496. The number of anilines is 1. The van der Waals surface area contributed by atoms with Gasteiger partial charge >= 0.3 is 0 Å². The van der Waals surface area contributed by atoms with Crippen molar-refractivity contribution in [1.29, 1.82) is 0 Å². The SMILES string of the molecule is C#Cc1ccc(I)c(N)n1. The van der Waals surface area contributed by atoms with Crippen LogP contribution in [0.15, 0.2) is 12.1 Å². The van der Waals surface area contributed by atoms with Crippen LogP contribution in [0.3, 0.4) is 0 Å². The molecule has 0 spiro atoms. The molecule has 1 aromatic rings. The Morgan fingerprint density at radius 2 is 2.30 bits per heavy atom. The lowest BCUT2D eigenvalue weighted by atomic mass is 10.3. The lowest BCUT2D eigenvalue weighted by Crippen LogP contribution is -1.94. The van der Waals surface area contributed by atoms with Gasteiger partial charge in [-0.25, -0.2) is 4.98 Å². The fourth-order valence-corrected chi connectivity index (χ4v) is 0.839. The van der Waals surface area contributed by atoms with Gasteiger partial charge in [-0.3, -0.25) is 0 Å². The maximum Gasteiger partial charge on any atom is 0.138 e. The Hall–Kier alpha value is -0.760. The molecule has 2 N–H and O–H groups in total. The van der Waals surface area contributed by atoms with Gasteiger partial charge in [0.1, 0.15) is 11.5 Å². The van der Waals surface area contributed by atoms with Gasteiger partial charge in [0, 0.05) is 0 Å². The number of hydrogen-bond donors (Lipinski definition) is 1. The Balaban J connectivity index is 3.20. The van der Waals surface area contributed by atoms with Crippen molar-refractivity contribution in [2.24, 2.45) is 0 Å². The Bertz CT molecular complexity index is 288. The summed E-state index contributed by atoms with van der Waals surface area (Å²) in [5.74, 6) is 2.90. The number of nitrogens with zero attached hydrogens (tertiary/aromatic N) is 1. The second-order valence-corrected chi connectivity index (χ2v) is 2.87. The van der Waals surface area contributed by atoms with E-state index in [4.69, 9.17) is 12.2 Å². The first-order chi connectivity index (χ1) is 4.74. The molecule has 0 amide bonds. The van der Waals surface area contributed by atoms with Gasteiger partial charge in [-0.2, -0.15) is 0 Å². The van der Waals surface area contributed by atoms with Crippen LogP contribution < -0.4 is 5.73 Å². The monoisotopic (exact) mass is 244 g/mol. The molecule has 50 valence electrons.